The van der Waals surface area contributed by atoms with Crippen molar-refractivity contribution >= 4 is 28.9 Å². The maximum Gasteiger partial charge on any atom is 0.250 e. The molecule has 0 aromatic heterocycles. The van der Waals surface area contributed by atoms with E-state index in [2.05, 4.69) is 10.2 Å². The number of hydrogen-bond acceptors (Lipinski definition) is 3. The summed E-state index contributed by atoms with van der Waals surface area (Å²) in [5.74, 6) is -0.149. The summed E-state index contributed by atoms with van der Waals surface area (Å²) in [4.78, 5) is 14.0. The summed E-state index contributed by atoms with van der Waals surface area (Å²) in [5, 5.41) is 3.49. The molecule has 2 rings (SSSR count). The van der Waals surface area contributed by atoms with Crippen LogP contribution in [0.2, 0.25) is 5.02 Å². The number of nitrogens with zero attached hydrogens (tertiary/aromatic N) is 1. The molecule has 1 aliphatic heterocycles. The van der Waals surface area contributed by atoms with E-state index in [1.54, 1.807) is 6.07 Å². The summed E-state index contributed by atoms with van der Waals surface area (Å²) in [5.41, 5.74) is 1.80. The normalized spacial score (nSPS) is 14.7. The van der Waals surface area contributed by atoms with Crippen molar-refractivity contribution in [1.82, 2.24) is 0 Å². The molecule has 1 aromatic carbocycles. The maximum atomic E-state index is 11.8. The Morgan fingerprint density at radius 2 is 2.16 bits per heavy atom. The van der Waals surface area contributed by atoms with Crippen molar-refractivity contribution in [3.05, 3.63) is 23.2 Å². The minimum atomic E-state index is -0.149. The third-order valence-corrected chi connectivity index (χ3v) is 3.35. The van der Waals surface area contributed by atoms with Crippen LogP contribution in [-0.2, 0) is 9.53 Å². The number of carbonyl (C=O) groups is 1. The molecule has 4 nitrogen and oxygen atoms in total. The molecule has 1 aromatic rings. The first-order valence-corrected chi connectivity index (χ1v) is 7.00. The van der Waals surface area contributed by atoms with E-state index in [1.165, 1.54) is 12.8 Å². The lowest BCUT2D eigenvalue weighted by molar-refractivity contribution is -0.120. The van der Waals surface area contributed by atoms with Crippen molar-refractivity contribution in [3.8, 4) is 0 Å². The zero-order chi connectivity index (χ0) is 13.7. The number of ether oxygens (including phenoxy) is 1. The Bertz CT molecular complexity index is 445. The number of rotatable bonds is 5. The van der Waals surface area contributed by atoms with Crippen molar-refractivity contribution in [2.75, 3.05) is 36.5 Å². The van der Waals surface area contributed by atoms with Gasteiger partial charge in [-0.15, -0.1) is 0 Å². The molecule has 5 heteroatoms. The van der Waals surface area contributed by atoms with Gasteiger partial charge in [-0.3, -0.25) is 4.79 Å². The lowest BCUT2D eigenvalue weighted by atomic mass is 10.2. The fourth-order valence-electron chi connectivity index (χ4n) is 2.22. The minimum absolute atomic E-state index is 0.0719. The molecule has 104 valence electrons. The van der Waals surface area contributed by atoms with Crippen LogP contribution in [0.15, 0.2) is 18.2 Å². The van der Waals surface area contributed by atoms with E-state index in [4.69, 9.17) is 16.3 Å². The quantitative estimate of drug-likeness (QED) is 0.903. The molecule has 0 spiro atoms. The van der Waals surface area contributed by atoms with Crippen molar-refractivity contribution in [3.63, 3.8) is 0 Å². The molecular weight excluding hydrogens is 264 g/mol. The first kappa shape index (κ1) is 14.2. The number of benzene rings is 1. The average molecular weight is 283 g/mol. The van der Waals surface area contributed by atoms with Gasteiger partial charge in [-0.1, -0.05) is 11.6 Å². The molecule has 19 heavy (non-hydrogen) atoms. The zero-order valence-corrected chi connectivity index (χ0v) is 11.9. The van der Waals surface area contributed by atoms with E-state index in [0.29, 0.717) is 11.6 Å². The molecule has 0 saturated carbocycles. The molecule has 1 saturated heterocycles. The van der Waals surface area contributed by atoms with Crippen molar-refractivity contribution < 1.29 is 9.53 Å². The van der Waals surface area contributed by atoms with Crippen LogP contribution < -0.4 is 10.2 Å². The molecule has 0 radical (unpaired) electrons. The van der Waals surface area contributed by atoms with Gasteiger partial charge in [0.2, 0.25) is 5.91 Å². The molecule has 1 heterocycles. The van der Waals surface area contributed by atoms with Gasteiger partial charge in [0.15, 0.2) is 0 Å². The topological polar surface area (TPSA) is 41.6 Å². The van der Waals surface area contributed by atoms with Gasteiger partial charge in [-0.25, -0.2) is 0 Å². The number of anilines is 2. The molecular formula is C14H19ClN2O2. The predicted molar refractivity (Wildman–Crippen MR) is 78.0 cm³/mol. The summed E-state index contributed by atoms with van der Waals surface area (Å²) >= 11 is 6.01. The molecule has 1 aliphatic rings. The second-order valence-electron chi connectivity index (χ2n) is 4.54. The van der Waals surface area contributed by atoms with E-state index < -0.39 is 0 Å². The molecule has 0 aliphatic carbocycles. The Hall–Kier alpha value is -1.26. The smallest absolute Gasteiger partial charge is 0.250 e. The van der Waals surface area contributed by atoms with Crippen LogP contribution in [0.25, 0.3) is 0 Å². The summed E-state index contributed by atoms with van der Waals surface area (Å²) in [6, 6.07) is 5.61. The Labute approximate surface area is 118 Å². The standard InChI is InChI=1S/C14H19ClN2O2/c1-2-19-10-14(18)16-12-9-11(15)5-6-13(12)17-7-3-4-8-17/h5-6,9H,2-4,7-8,10H2,1H3,(H,16,18). The second kappa shape index (κ2) is 6.78. The number of nitrogens with one attached hydrogen (secondary N) is 1. The van der Waals surface area contributed by atoms with E-state index in [9.17, 15) is 4.79 Å². The highest BCUT2D eigenvalue weighted by Gasteiger charge is 2.17. The summed E-state index contributed by atoms with van der Waals surface area (Å²) in [6.07, 6.45) is 2.38. The summed E-state index contributed by atoms with van der Waals surface area (Å²) in [7, 11) is 0. The predicted octanol–water partition coefficient (Wildman–Crippen LogP) is 2.92. The van der Waals surface area contributed by atoms with Gasteiger partial charge in [0.1, 0.15) is 6.61 Å². The third kappa shape index (κ3) is 3.85. The average Bonchev–Trinajstić information content (AvgIpc) is 2.90. The number of carbonyl (C=O) groups excluding carboxylic acids is 1. The van der Waals surface area contributed by atoms with Crippen molar-refractivity contribution in [1.29, 1.82) is 0 Å². The van der Waals surface area contributed by atoms with E-state index >= 15 is 0 Å². The number of amides is 1. The van der Waals surface area contributed by atoms with Crippen LogP contribution in [0.1, 0.15) is 19.8 Å². The van der Waals surface area contributed by atoms with Crippen LogP contribution >= 0.6 is 11.6 Å². The van der Waals surface area contributed by atoms with Gasteiger partial charge < -0.3 is 15.0 Å². The monoisotopic (exact) mass is 282 g/mol. The van der Waals surface area contributed by atoms with E-state index in [0.717, 1.165) is 24.5 Å². The Kier molecular flexibility index (Phi) is 5.05. The maximum absolute atomic E-state index is 11.8. The Morgan fingerprint density at radius 3 is 2.84 bits per heavy atom. The SMILES string of the molecule is CCOCC(=O)Nc1cc(Cl)ccc1N1CCCC1. The third-order valence-electron chi connectivity index (χ3n) is 3.12. The van der Waals surface area contributed by atoms with Crippen LogP contribution in [0, 0.1) is 0 Å². The number of halogens is 1. The van der Waals surface area contributed by atoms with Crippen LogP contribution in [0.5, 0.6) is 0 Å². The molecule has 1 amide bonds. The fraction of sp³-hybridized carbons (Fsp3) is 0.500. The van der Waals surface area contributed by atoms with Gasteiger partial charge in [-0.2, -0.15) is 0 Å². The van der Waals surface area contributed by atoms with Crippen LogP contribution in [0.4, 0.5) is 11.4 Å². The van der Waals surface area contributed by atoms with Gasteiger partial charge in [-0.05, 0) is 38.0 Å². The van der Waals surface area contributed by atoms with Gasteiger partial charge in [0.25, 0.3) is 0 Å². The van der Waals surface area contributed by atoms with E-state index in [-0.39, 0.29) is 12.5 Å². The highest BCUT2D eigenvalue weighted by Crippen LogP contribution is 2.31. The largest absolute Gasteiger partial charge is 0.372 e. The zero-order valence-electron chi connectivity index (χ0n) is 11.1. The van der Waals surface area contributed by atoms with Crippen molar-refractivity contribution in [2.45, 2.75) is 19.8 Å². The molecule has 0 bridgehead atoms. The number of hydrogen-bond donors (Lipinski definition) is 1. The lowest BCUT2D eigenvalue weighted by Gasteiger charge is -2.21. The molecule has 1 fully saturated rings. The Morgan fingerprint density at radius 1 is 1.42 bits per heavy atom. The highest BCUT2D eigenvalue weighted by atomic mass is 35.5. The highest BCUT2D eigenvalue weighted by molar-refractivity contribution is 6.31. The molecule has 1 N–H and O–H groups in total. The second-order valence-corrected chi connectivity index (χ2v) is 4.98. The first-order valence-electron chi connectivity index (χ1n) is 6.63. The van der Waals surface area contributed by atoms with E-state index in [1.807, 2.05) is 19.1 Å². The van der Waals surface area contributed by atoms with Gasteiger partial charge in [0.05, 0.1) is 11.4 Å². The summed E-state index contributed by atoms with van der Waals surface area (Å²) in [6.45, 7) is 4.51. The molecule has 0 unspecified atom stereocenters. The first-order chi connectivity index (χ1) is 9.20. The minimum Gasteiger partial charge on any atom is -0.372 e. The van der Waals surface area contributed by atoms with Crippen LogP contribution in [0.3, 0.4) is 0 Å². The van der Waals surface area contributed by atoms with Gasteiger partial charge >= 0.3 is 0 Å². The van der Waals surface area contributed by atoms with Gasteiger partial charge in [0, 0.05) is 24.7 Å². The van der Waals surface area contributed by atoms with Crippen molar-refractivity contribution in [2.24, 2.45) is 0 Å². The molecule has 0 atom stereocenters. The fourth-order valence-corrected chi connectivity index (χ4v) is 2.40. The lowest BCUT2D eigenvalue weighted by Crippen LogP contribution is -2.23. The van der Waals surface area contributed by atoms with Crippen LogP contribution in [-0.4, -0.2) is 32.2 Å². The Balaban J connectivity index is 2.12. The summed E-state index contributed by atoms with van der Waals surface area (Å²) < 4.78 is 5.10.